The van der Waals surface area contributed by atoms with E-state index in [2.05, 4.69) is 50.3 Å². The number of aromatic nitrogens is 3. The number of aromatic amines is 1. The van der Waals surface area contributed by atoms with Gasteiger partial charge in [-0.05, 0) is 44.1 Å². The van der Waals surface area contributed by atoms with Crippen molar-refractivity contribution in [1.82, 2.24) is 25.0 Å². The number of rotatable bonds is 6. The van der Waals surface area contributed by atoms with Crippen LogP contribution in [0.1, 0.15) is 61.8 Å². The number of aryl methyl sites for hydroxylation is 1. The standard InChI is InChI=1S/C23H35N5/c1-19-24-23(26-25-19)22-13-14-27(18-21-10-6-3-7-11-21)16-17-28(22)15-12-20-8-4-2-5-9-20/h2,4-5,8-9,21-22H,3,6-7,10-18H2,1H3,(H,24,25,26). The van der Waals surface area contributed by atoms with Crippen LogP contribution in [0, 0.1) is 12.8 Å². The summed E-state index contributed by atoms with van der Waals surface area (Å²) in [4.78, 5) is 10.0. The molecule has 1 aliphatic carbocycles. The molecule has 1 N–H and O–H groups in total. The molecule has 1 unspecified atom stereocenters. The zero-order chi connectivity index (χ0) is 19.2. The summed E-state index contributed by atoms with van der Waals surface area (Å²) in [5, 5.41) is 7.59. The molecule has 2 fully saturated rings. The lowest BCUT2D eigenvalue weighted by Gasteiger charge is -2.29. The Labute approximate surface area is 169 Å². The minimum Gasteiger partial charge on any atom is -0.302 e. The van der Waals surface area contributed by atoms with Crippen molar-refractivity contribution in [2.24, 2.45) is 5.92 Å². The molecule has 2 aliphatic rings. The Hall–Kier alpha value is -1.72. The van der Waals surface area contributed by atoms with Crippen LogP contribution in [-0.2, 0) is 6.42 Å². The first kappa shape index (κ1) is 19.6. The molecule has 5 heteroatoms. The molecule has 2 heterocycles. The van der Waals surface area contributed by atoms with Crippen molar-refractivity contribution < 1.29 is 0 Å². The van der Waals surface area contributed by atoms with E-state index in [0.29, 0.717) is 6.04 Å². The Morgan fingerprint density at radius 3 is 2.57 bits per heavy atom. The van der Waals surface area contributed by atoms with Crippen molar-refractivity contribution in [3.8, 4) is 0 Å². The molecule has 1 aliphatic heterocycles. The number of hydrogen-bond donors (Lipinski definition) is 1. The number of H-pyrrole nitrogens is 1. The van der Waals surface area contributed by atoms with Crippen LogP contribution in [0.4, 0.5) is 0 Å². The molecule has 0 amide bonds. The maximum absolute atomic E-state index is 4.70. The lowest BCUT2D eigenvalue weighted by molar-refractivity contribution is 0.190. The van der Waals surface area contributed by atoms with Crippen molar-refractivity contribution in [2.45, 2.75) is 57.9 Å². The van der Waals surface area contributed by atoms with E-state index in [9.17, 15) is 0 Å². The van der Waals surface area contributed by atoms with Gasteiger partial charge >= 0.3 is 0 Å². The highest BCUT2D eigenvalue weighted by molar-refractivity contribution is 5.15. The summed E-state index contributed by atoms with van der Waals surface area (Å²) in [5.41, 5.74) is 1.41. The lowest BCUT2D eigenvalue weighted by Crippen LogP contribution is -2.36. The van der Waals surface area contributed by atoms with Crippen molar-refractivity contribution in [3.05, 3.63) is 47.5 Å². The molecule has 1 atom stereocenters. The third kappa shape index (κ3) is 5.21. The predicted octanol–water partition coefficient (Wildman–Crippen LogP) is 3.98. The summed E-state index contributed by atoms with van der Waals surface area (Å²) in [7, 11) is 0. The third-order valence-corrected chi connectivity index (χ3v) is 6.55. The second kappa shape index (κ2) is 9.66. The molecule has 5 nitrogen and oxygen atoms in total. The quantitative estimate of drug-likeness (QED) is 0.822. The fraction of sp³-hybridized carbons (Fsp3) is 0.652. The molecule has 28 heavy (non-hydrogen) atoms. The number of hydrogen-bond acceptors (Lipinski definition) is 4. The topological polar surface area (TPSA) is 48.1 Å². The smallest absolute Gasteiger partial charge is 0.167 e. The Morgan fingerprint density at radius 2 is 1.82 bits per heavy atom. The van der Waals surface area contributed by atoms with Gasteiger partial charge in [0.25, 0.3) is 0 Å². The van der Waals surface area contributed by atoms with Gasteiger partial charge in [0.1, 0.15) is 5.82 Å². The first-order valence-corrected chi connectivity index (χ1v) is 11.2. The number of nitrogens with one attached hydrogen (secondary N) is 1. The number of benzene rings is 1. The van der Waals surface area contributed by atoms with Gasteiger partial charge in [-0.2, -0.15) is 5.10 Å². The Balaban J connectivity index is 1.42. The molecule has 0 radical (unpaired) electrons. The lowest BCUT2D eigenvalue weighted by atomic mass is 9.89. The maximum Gasteiger partial charge on any atom is 0.167 e. The van der Waals surface area contributed by atoms with E-state index in [4.69, 9.17) is 4.98 Å². The molecular weight excluding hydrogens is 346 g/mol. The summed E-state index contributed by atoms with van der Waals surface area (Å²) in [6.45, 7) is 7.79. The van der Waals surface area contributed by atoms with Crippen LogP contribution in [0.3, 0.4) is 0 Å². The molecule has 1 aromatic heterocycles. The average molecular weight is 382 g/mol. The monoisotopic (exact) mass is 381 g/mol. The SMILES string of the molecule is Cc1nc(C2CCN(CC3CCCCC3)CCN2CCc2ccccc2)n[nH]1. The van der Waals surface area contributed by atoms with Crippen LogP contribution in [0.5, 0.6) is 0 Å². The van der Waals surface area contributed by atoms with Gasteiger partial charge in [0, 0.05) is 32.7 Å². The summed E-state index contributed by atoms with van der Waals surface area (Å²) in [5.74, 6) is 2.81. The normalized spacial score (nSPS) is 23.0. The van der Waals surface area contributed by atoms with Crippen LogP contribution < -0.4 is 0 Å². The summed E-state index contributed by atoms with van der Waals surface area (Å²) in [6, 6.07) is 11.2. The molecule has 1 aromatic carbocycles. The minimum absolute atomic E-state index is 0.324. The van der Waals surface area contributed by atoms with Gasteiger partial charge in [0.05, 0.1) is 6.04 Å². The van der Waals surface area contributed by atoms with Crippen molar-refractivity contribution in [1.29, 1.82) is 0 Å². The Bertz CT molecular complexity index is 707. The average Bonchev–Trinajstić information content (AvgIpc) is 3.06. The van der Waals surface area contributed by atoms with E-state index in [0.717, 1.165) is 50.0 Å². The Morgan fingerprint density at radius 1 is 1.00 bits per heavy atom. The van der Waals surface area contributed by atoms with Crippen LogP contribution >= 0.6 is 0 Å². The molecule has 0 bridgehead atoms. The first-order chi connectivity index (χ1) is 13.8. The zero-order valence-corrected chi connectivity index (χ0v) is 17.3. The molecule has 2 aromatic rings. The van der Waals surface area contributed by atoms with Gasteiger partial charge in [0.2, 0.25) is 0 Å². The fourth-order valence-electron chi connectivity index (χ4n) is 4.93. The Kier molecular flexibility index (Phi) is 6.76. The number of nitrogens with zero attached hydrogens (tertiary/aromatic N) is 4. The maximum atomic E-state index is 4.70. The van der Waals surface area contributed by atoms with Crippen molar-refractivity contribution in [3.63, 3.8) is 0 Å². The van der Waals surface area contributed by atoms with Crippen LogP contribution in [0.25, 0.3) is 0 Å². The molecule has 152 valence electrons. The molecular formula is C23H35N5. The summed E-state index contributed by atoms with van der Waals surface area (Å²) < 4.78 is 0. The highest BCUT2D eigenvalue weighted by Crippen LogP contribution is 2.28. The van der Waals surface area contributed by atoms with Gasteiger partial charge < -0.3 is 4.90 Å². The van der Waals surface area contributed by atoms with Crippen LogP contribution in [0.2, 0.25) is 0 Å². The van der Waals surface area contributed by atoms with Crippen molar-refractivity contribution >= 4 is 0 Å². The van der Waals surface area contributed by atoms with E-state index >= 15 is 0 Å². The van der Waals surface area contributed by atoms with Crippen molar-refractivity contribution in [2.75, 3.05) is 32.7 Å². The van der Waals surface area contributed by atoms with E-state index in [-0.39, 0.29) is 0 Å². The van der Waals surface area contributed by atoms with Gasteiger partial charge in [-0.3, -0.25) is 10.00 Å². The van der Waals surface area contributed by atoms with Gasteiger partial charge in [0.15, 0.2) is 5.82 Å². The second-order valence-electron chi connectivity index (χ2n) is 8.66. The van der Waals surface area contributed by atoms with E-state index in [1.54, 1.807) is 0 Å². The summed E-state index contributed by atoms with van der Waals surface area (Å²) in [6.07, 6.45) is 9.37. The van der Waals surface area contributed by atoms with Gasteiger partial charge in [-0.25, -0.2) is 4.98 Å². The largest absolute Gasteiger partial charge is 0.302 e. The van der Waals surface area contributed by atoms with Crippen LogP contribution in [-0.4, -0.2) is 57.7 Å². The summed E-state index contributed by atoms with van der Waals surface area (Å²) >= 11 is 0. The predicted molar refractivity (Wildman–Crippen MR) is 113 cm³/mol. The van der Waals surface area contributed by atoms with E-state index in [1.165, 1.54) is 50.8 Å². The molecule has 1 saturated carbocycles. The zero-order valence-electron chi connectivity index (χ0n) is 17.3. The van der Waals surface area contributed by atoms with E-state index in [1.807, 2.05) is 6.92 Å². The molecule has 4 rings (SSSR count). The third-order valence-electron chi connectivity index (χ3n) is 6.55. The highest BCUT2D eigenvalue weighted by Gasteiger charge is 2.29. The molecule has 1 saturated heterocycles. The minimum atomic E-state index is 0.324. The second-order valence-corrected chi connectivity index (χ2v) is 8.66. The van der Waals surface area contributed by atoms with Gasteiger partial charge in [-0.15, -0.1) is 0 Å². The highest BCUT2D eigenvalue weighted by atomic mass is 15.3. The fourth-order valence-corrected chi connectivity index (χ4v) is 4.93. The molecule has 0 spiro atoms. The van der Waals surface area contributed by atoms with E-state index < -0.39 is 0 Å². The van der Waals surface area contributed by atoms with Gasteiger partial charge in [-0.1, -0.05) is 49.6 Å². The van der Waals surface area contributed by atoms with Crippen LogP contribution in [0.15, 0.2) is 30.3 Å². The first-order valence-electron chi connectivity index (χ1n) is 11.2.